The van der Waals surface area contributed by atoms with Gasteiger partial charge >= 0.3 is 0 Å². The number of aromatic nitrogens is 1. The first-order chi connectivity index (χ1) is 9.35. The first kappa shape index (κ1) is 16.2. The normalized spacial score (nSPS) is 10.9. The molecule has 0 saturated heterocycles. The highest BCUT2D eigenvalue weighted by atomic mass is 16.6. The van der Waals surface area contributed by atoms with E-state index in [4.69, 9.17) is 0 Å². The maximum absolute atomic E-state index is 11.1. The Bertz CT molecular complexity index is 460. The van der Waals surface area contributed by atoms with Crippen LogP contribution < -0.4 is 10.2 Å². The summed E-state index contributed by atoms with van der Waals surface area (Å²) in [6.45, 7) is 11.8. The molecule has 0 aromatic carbocycles. The van der Waals surface area contributed by atoms with Crippen molar-refractivity contribution in [2.75, 3.05) is 23.3 Å². The molecule has 0 atom stereocenters. The summed E-state index contributed by atoms with van der Waals surface area (Å²) in [4.78, 5) is 17.3. The molecular formula is C14H24N4O2. The number of nitrogens with one attached hydrogen (secondary N) is 1. The monoisotopic (exact) mass is 280 g/mol. The summed E-state index contributed by atoms with van der Waals surface area (Å²) >= 11 is 0. The zero-order chi connectivity index (χ0) is 15.3. The van der Waals surface area contributed by atoms with E-state index in [1.165, 1.54) is 6.07 Å². The van der Waals surface area contributed by atoms with Gasteiger partial charge in [0, 0.05) is 19.1 Å². The van der Waals surface area contributed by atoms with Gasteiger partial charge in [-0.15, -0.1) is 0 Å². The fourth-order valence-corrected chi connectivity index (χ4v) is 1.99. The molecule has 0 fully saturated rings. The van der Waals surface area contributed by atoms with Gasteiger partial charge in [0.1, 0.15) is 11.6 Å². The lowest BCUT2D eigenvalue weighted by Gasteiger charge is -2.29. The first-order valence-electron chi connectivity index (χ1n) is 7.02. The molecule has 112 valence electrons. The van der Waals surface area contributed by atoms with Crippen molar-refractivity contribution in [1.82, 2.24) is 4.98 Å². The van der Waals surface area contributed by atoms with E-state index in [0.717, 1.165) is 6.54 Å². The van der Waals surface area contributed by atoms with E-state index < -0.39 is 0 Å². The zero-order valence-electron chi connectivity index (χ0n) is 12.9. The van der Waals surface area contributed by atoms with Crippen LogP contribution in [0, 0.1) is 16.0 Å². The Labute approximate surface area is 120 Å². The summed E-state index contributed by atoms with van der Waals surface area (Å²) in [6.07, 6.45) is 0. The Kier molecular flexibility index (Phi) is 5.73. The van der Waals surface area contributed by atoms with E-state index in [-0.39, 0.29) is 16.7 Å². The van der Waals surface area contributed by atoms with Crippen molar-refractivity contribution in [3.05, 3.63) is 22.2 Å². The molecule has 1 heterocycles. The second kappa shape index (κ2) is 7.07. The van der Waals surface area contributed by atoms with Crippen LogP contribution in [-0.2, 0) is 0 Å². The van der Waals surface area contributed by atoms with Crippen molar-refractivity contribution in [2.45, 2.75) is 40.7 Å². The predicted molar refractivity (Wildman–Crippen MR) is 82.4 cm³/mol. The molecule has 0 aliphatic rings. The maximum atomic E-state index is 11.1. The number of hydrogen-bond donors (Lipinski definition) is 1. The van der Waals surface area contributed by atoms with E-state index in [0.29, 0.717) is 24.1 Å². The Morgan fingerprint density at radius 2 is 2.00 bits per heavy atom. The van der Waals surface area contributed by atoms with E-state index in [1.807, 2.05) is 6.92 Å². The molecule has 1 N–H and O–H groups in total. The van der Waals surface area contributed by atoms with E-state index in [2.05, 4.69) is 42.9 Å². The molecule has 1 aromatic rings. The van der Waals surface area contributed by atoms with Gasteiger partial charge in [-0.2, -0.15) is 0 Å². The van der Waals surface area contributed by atoms with Gasteiger partial charge in [-0.1, -0.05) is 13.8 Å². The number of anilines is 2. The molecule has 6 nitrogen and oxygen atoms in total. The van der Waals surface area contributed by atoms with E-state index in [9.17, 15) is 10.1 Å². The molecule has 1 rings (SSSR count). The molecular weight excluding hydrogens is 256 g/mol. The number of nitrogens with zero attached hydrogens (tertiary/aromatic N) is 3. The molecule has 0 aliphatic carbocycles. The third kappa shape index (κ3) is 4.36. The Balaban J connectivity index is 3.21. The molecule has 6 heteroatoms. The molecule has 0 saturated carbocycles. The van der Waals surface area contributed by atoms with Crippen LogP contribution in [0.25, 0.3) is 0 Å². The maximum Gasteiger partial charge on any atom is 0.276 e. The molecule has 0 spiro atoms. The van der Waals surface area contributed by atoms with Crippen molar-refractivity contribution in [3.63, 3.8) is 0 Å². The fraction of sp³-hybridized carbons (Fsp3) is 0.643. The van der Waals surface area contributed by atoms with Crippen LogP contribution in [0.1, 0.15) is 34.6 Å². The molecule has 0 bridgehead atoms. The van der Waals surface area contributed by atoms with Gasteiger partial charge in [0.15, 0.2) is 0 Å². The largest absolute Gasteiger partial charge is 0.370 e. The van der Waals surface area contributed by atoms with Crippen molar-refractivity contribution in [1.29, 1.82) is 0 Å². The van der Waals surface area contributed by atoms with Crippen LogP contribution in [-0.4, -0.2) is 29.0 Å². The van der Waals surface area contributed by atoms with E-state index in [1.54, 1.807) is 6.07 Å². The third-order valence-electron chi connectivity index (χ3n) is 2.84. The minimum atomic E-state index is -0.375. The third-order valence-corrected chi connectivity index (χ3v) is 2.84. The van der Waals surface area contributed by atoms with Gasteiger partial charge in [-0.25, -0.2) is 4.98 Å². The Morgan fingerprint density at radius 3 is 2.45 bits per heavy atom. The average Bonchev–Trinajstić information content (AvgIpc) is 2.35. The molecule has 0 unspecified atom stereocenters. The van der Waals surface area contributed by atoms with Crippen LogP contribution in [0.3, 0.4) is 0 Å². The second-order valence-corrected chi connectivity index (χ2v) is 5.50. The van der Waals surface area contributed by atoms with Gasteiger partial charge in [0.05, 0.1) is 17.1 Å². The molecule has 1 aromatic heterocycles. The molecule has 0 amide bonds. The molecule has 0 radical (unpaired) electrons. The number of hydrogen-bond acceptors (Lipinski definition) is 5. The summed E-state index contributed by atoms with van der Waals surface area (Å²) < 4.78 is 0. The minimum absolute atomic E-state index is 0.0698. The first-order valence-corrected chi connectivity index (χ1v) is 7.02. The lowest BCUT2D eigenvalue weighted by atomic mass is 10.1. The minimum Gasteiger partial charge on any atom is -0.370 e. The highest BCUT2D eigenvalue weighted by Crippen LogP contribution is 2.25. The Morgan fingerprint density at radius 1 is 1.35 bits per heavy atom. The molecule has 20 heavy (non-hydrogen) atoms. The predicted octanol–water partition coefficient (Wildman–Crippen LogP) is 3.29. The lowest BCUT2D eigenvalue weighted by molar-refractivity contribution is -0.384. The Hall–Kier alpha value is -1.85. The number of nitro groups is 1. The van der Waals surface area contributed by atoms with Gasteiger partial charge in [-0.05, 0) is 26.7 Å². The standard InChI is InChI=1S/C14H24N4O2/c1-6-15-13-7-12(18(19)20)8-14(16-13)17(11(4)5)9-10(2)3/h7-8,10-11H,6,9H2,1-5H3,(H,15,16). The van der Waals surface area contributed by atoms with Gasteiger partial charge in [0.25, 0.3) is 5.69 Å². The summed E-state index contributed by atoms with van der Waals surface area (Å²) in [5.74, 6) is 1.66. The van der Waals surface area contributed by atoms with Gasteiger partial charge in [0.2, 0.25) is 0 Å². The van der Waals surface area contributed by atoms with Crippen LogP contribution in [0.5, 0.6) is 0 Å². The van der Waals surface area contributed by atoms with Crippen LogP contribution in [0.15, 0.2) is 12.1 Å². The smallest absolute Gasteiger partial charge is 0.276 e. The summed E-state index contributed by atoms with van der Waals surface area (Å²) in [7, 11) is 0. The van der Waals surface area contributed by atoms with Crippen molar-refractivity contribution in [3.8, 4) is 0 Å². The summed E-state index contributed by atoms with van der Waals surface area (Å²) in [5.41, 5.74) is 0.0698. The number of pyridine rings is 1. The quantitative estimate of drug-likeness (QED) is 0.613. The SMILES string of the molecule is CCNc1cc([N+](=O)[O-])cc(N(CC(C)C)C(C)C)n1. The van der Waals surface area contributed by atoms with Gasteiger partial charge < -0.3 is 10.2 Å². The highest BCUT2D eigenvalue weighted by molar-refractivity contribution is 5.56. The van der Waals surface area contributed by atoms with E-state index >= 15 is 0 Å². The summed E-state index contributed by atoms with van der Waals surface area (Å²) in [5, 5.41) is 14.1. The zero-order valence-corrected chi connectivity index (χ0v) is 12.9. The fourth-order valence-electron chi connectivity index (χ4n) is 1.99. The highest BCUT2D eigenvalue weighted by Gasteiger charge is 2.18. The van der Waals surface area contributed by atoms with Crippen LogP contribution in [0.2, 0.25) is 0 Å². The van der Waals surface area contributed by atoms with Crippen molar-refractivity contribution < 1.29 is 4.92 Å². The van der Waals surface area contributed by atoms with Gasteiger partial charge in [-0.3, -0.25) is 10.1 Å². The average molecular weight is 280 g/mol. The summed E-state index contributed by atoms with van der Waals surface area (Å²) in [6, 6.07) is 3.26. The molecule has 0 aliphatic heterocycles. The van der Waals surface area contributed by atoms with Crippen molar-refractivity contribution in [2.24, 2.45) is 5.92 Å². The second-order valence-electron chi connectivity index (χ2n) is 5.50. The van der Waals surface area contributed by atoms with Crippen LogP contribution in [0.4, 0.5) is 17.3 Å². The van der Waals surface area contributed by atoms with Crippen LogP contribution >= 0.6 is 0 Å². The number of rotatable bonds is 7. The lowest BCUT2D eigenvalue weighted by Crippen LogP contribution is -2.35. The topological polar surface area (TPSA) is 71.3 Å². The van der Waals surface area contributed by atoms with Crippen molar-refractivity contribution >= 4 is 17.3 Å².